The van der Waals surface area contributed by atoms with Gasteiger partial charge in [-0.1, -0.05) is 30.3 Å². The molecule has 5 aromatic rings. The van der Waals surface area contributed by atoms with E-state index >= 15 is 0 Å². The number of aryl methyl sites for hydroxylation is 1. The number of ether oxygens (including phenoxy) is 1. The average molecular weight is 756 g/mol. The third kappa shape index (κ3) is 7.57. The summed E-state index contributed by atoms with van der Waals surface area (Å²) in [6.07, 6.45) is 10.1. The maximum atomic E-state index is 14.2. The second kappa shape index (κ2) is 15.3. The Morgan fingerprint density at radius 1 is 0.927 bits per heavy atom. The number of pyridine rings is 1. The molecule has 7 nitrogen and oxygen atoms in total. The molecule has 1 saturated heterocycles. The van der Waals surface area contributed by atoms with E-state index in [4.69, 9.17) is 9.72 Å². The molecule has 0 radical (unpaired) electrons. The van der Waals surface area contributed by atoms with Crippen molar-refractivity contribution in [1.82, 2.24) is 4.98 Å². The molecule has 8 rings (SSSR count). The first-order chi connectivity index (χ1) is 26.7. The van der Waals surface area contributed by atoms with E-state index in [9.17, 15) is 23.2 Å². The highest BCUT2D eigenvalue weighted by Gasteiger charge is 2.37. The van der Waals surface area contributed by atoms with Crippen LogP contribution in [0.4, 0.5) is 20.2 Å². The third-order valence-corrected chi connectivity index (χ3v) is 12.1. The van der Waals surface area contributed by atoms with Crippen LogP contribution >= 0.6 is 11.3 Å². The van der Waals surface area contributed by atoms with Crippen molar-refractivity contribution < 1.29 is 27.9 Å². The van der Waals surface area contributed by atoms with Crippen LogP contribution in [-0.4, -0.2) is 42.3 Å². The van der Waals surface area contributed by atoms with Gasteiger partial charge in [0.2, 0.25) is 0 Å². The number of thiophene rings is 1. The number of nitrogens with one attached hydrogen (secondary N) is 1. The molecule has 2 aromatic heterocycles. The highest BCUT2D eigenvalue weighted by atomic mass is 32.1. The molecule has 2 amide bonds. The first-order valence-electron chi connectivity index (χ1n) is 18.5. The van der Waals surface area contributed by atoms with E-state index in [1.165, 1.54) is 17.4 Å². The molecule has 0 saturated carbocycles. The van der Waals surface area contributed by atoms with Gasteiger partial charge in [-0.05, 0) is 133 Å². The fourth-order valence-corrected chi connectivity index (χ4v) is 8.77. The van der Waals surface area contributed by atoms with Crippen molar-refractivity contribution in [3.63, 3.8) is 0 Å². The number of amides is 2. The van der Waals surface area contributed by atoms with Gasteiger partial charge in [-0.25, -0.2) is 8.78 Å². The van der Waals surface area contributed by atoms with Gasteiger partial charge in [0, 0.05) is 54.1 Å². The lowest BCUT2D eigenvalue weighted by Gasteiger charge is -2.33. The zero-order valence-electron chi connectivity index (χ0n) is 30.4. The number of hydrogen-bond acceptors (Lipinski definition) is 6. The van der Waals surface area contributed by atoms with Crippen molar-refractivity contribution in [2.45, 2.75) is 45.4 Å². The van der Waals surface area contributed by atoms with Crippen LogP contribution in [0.2, 0.25) is 0 Å². The summed E-state index contributed by atoms with van der Waals surface area (Å²) in [4.78, 5) is 48.6. The second-order valence-corrected chi connectivity index (χ2v) is 15.6. The van der Waals surface area contributed by atoms with Crippen LogP contribution < -0.4 is 10.2 Å². The molecule has 278 valence electrons. The van der Waals surface area contributed by atoms with Crippen LogP contribution in [0.25, 0.3) is 17.2 Å². The van der Waals surface area contributed by atoms with Crippen molar-refractivity contribution in [2.75, 3.05) is 30.0 Å². The van der Waals surface area contributed by atoms with E-state index in [1.807, 2.05) is 49.4 Å². The van der Waals surface area contributed by atoms with Crippen LogP contribution in [0, 0.1) is 24.0 Å². The number of rotatable bonds is 8. The van der Waals surface area contributed by atoms with E-state index in [0.717, 1.165) is 89.6 Å². The average Bonchev–Trinajstić information content (AvgIpc) is 3.80. The minimum absolute atomic E-state index is 0.185. The topological polar surface area (TPSA) is 88.6 Å². The molecule has 4 heterocycles. The summed E-state index contributed by atoms with van der Waals surface area (Å²) in [5, 5.41) is 3.03. The Bertz CT molecular complexity index is 2360. The number of anilines is 2. The van der Waals surface area contributed by atoms with Crippen molar-refractivity contribution in [3.8, 4) is 0 Å². The van der Waals surface area contributed by atoms with Crippen molar-refractivity contribution in [1.29, 1.82) is 0 Å². The van der Waals surface area contributed by atoms with E-state index < -0.39 is 11.6 Å². The quantitative estimate of drug-likeness (QED) is 0.159. The lowest BCUT2D eigenvalue weighted by Crippen LogP contribution is -2.32. The number of ketones is 1. The molecule has 1 fully saturated rings. The number of fused-ring (bicyclic) bond motifs is 1. The number of nitrogens with zero attached hydrogens (tertiary/aromatic N) is 2. The fourth-order valence-electron chi connectivity index (χ4n) is 7.78. The monoisotopic (exact) mass is 755 g/mol. The molecule has 3 aliphatic rings. The summed E-state index contributed by atoms with van der Waals surface area (Å²) in [6, 6.07) is 23.6. The number of aromatic nitrogens is 1. The fraction of sp³-hybridized carbons (Fsp3) is 0.244. The largest absolute Gasteiger partial charge is 0.381 e. The van der Waals surface area contributed by atoms with Crippen molar-refractivity contribution >= 4 is 57.5 Å². The van der Waals surface area contributed by atoms with Gasteiger partial charge in [-0.3, -0.25) is 19.4 Å². The smallest absolute Gasteiger partial charge is 0.258 e. The van der Waals surface area contributed by atoms with Crippen molar-refractivity contribution in [2.24, 2.45) is 5.41 Å². The molecule has 3 aromatic carbocycles. The standard InChI is InChI=1S/C45H39F2N3O4S/c1-28-23-35(42(48-27-28)32-15-17-45(26-32)18-21-54-22-19-45)43(52)49-33-11-9-29(10-12-33)44(53)50-20-16-31(24-30-5-2-3-8-38(30)50)40-13-14-41(55-40)39(51)25-34-36(46)6-4-7-37(34)47/h2-15,23-24,27H,16-22,25-26H2,1H3,(H,49,52). The number of para-hydroxylation sites is 1. The normalized spacial score (nSPS) is 16.2. The van der Waals surface area contributed by atoms with Crippen molar-refractivity contribution in [3.05, 3.63) is 152 Å². The number of hydrogen-bond donors (Lipinski definition) is 1. The van der Waals surface area contributed by atoms with Crippen LogP contribution in [0.1, 0.15) is 89.8 Å². The third-order valence-electron chi connectivity index (χ3n) is 10.9. The van der Waals surface area contributed by atoms with Crippen LogP contribution in [-0.2, 0) is 11.2 Å². The Labute approximate surface area is 322 Å². The van der Waals surface area contributed by atoms with Gasteiger partial charge in [-0.15, -0.1) is 11.3 Å². The molecular weight excluding hydrogens is 717 g/mol. The SMILES string of the molecule is Cc1cnc(C2=CCC3(CCOCC3)C2)c(C(=O)Nc2ccc(C(=O)N3CCC(c4ccc(C(=O)Cc5c(F)cccc5F)s4)=Cc4ccccc43)cc2)c1. The Kier molecular flexibility index (Phi) is 10.1. The first kappa shape index (κ1) is 36.4. The molecule has 0 unspecified atom stereocenters. The van der Waals surface area contributed by atoms with Gasteiger partial charge < -0.3 is 15.0 Å². The highest BCUT2D eigenvalue weighted by molar-refractivity contribution is 7.15. The number of allylic oxidation sites excluding steroid dienone is 2. The zero-order valence-corrected chi connectivity index (χ0v) is 31.2. The van der Waals surface area contributed by atoms with Gasteiger partial charge in [0.05, 0.1) is 21.8 Å². The minimum Gasteiger partial charge on any atom is -0.381 e. The van der Waals surface area contributed by atoms with Gasteiger partial charge in [0.15, 0.2) is 5.78 Å². The Morgan fingerprint density at radius 2 is 1.69 bits per heavy atom. The predicted octanol–water partition coefficient (Wildman–Crippen LogP) is 9.97. The van der Waals surface area contributed by atoms with E-state index in [1.54, 1.807) is 41.4 Å². The lowest BCUT2D eigenvalue weighted by atomic mass is 9.77. The molecule has 55 heavy (non-hydrogen) atoms. The first-order valence-corrected chi connectivity index (χ1v) is 19.3. The van der Waals surface area contributed by atoms with Crippen LogP contribution in [0.5, 0.6) is 0 Å². The molecule has 2 aliphatic heterocycles. The molecule has 1 N–H and O–H groups in total. The summed E-state index contributed by atoms with van der Waals surface area (Å²) in [7, 11) is 0. The second-order valence-electron chi connectivity index (χ2n) is 14.6. The molecule has 1 aliphatic carbocycles. The maximum Gasteiger partial charge on any atom is 0.258 e. The van der Waals surface area contributed by atoms with E-state index in [-0.39, 0.29) is 35.0 Å². The van der Waals surface area contributed by atoms with E-state index in [0.29, 0.717) is 34.7 Å². The molecule has 0 bridgehead atoms. The highest BCUT2D eigenvalue weighted by Crippen LogP contribution is 2.48. The van der Waals surface area contributed by atoms with Gasteiger partial charge in [0.25, 0.3) is 11.8 Å². The van der Waals surface area contributed by atoms with Crippen LogP contribution in [0.3, 0.4) is 0 Å². The lowest BCUT2D eigenvalue weighted by molar-refractivity contribution is 0.0217. The molecule has 1 spiro atoms. The minimum atomic E-state index is -0.743. The maximum absolute atomic E-state index is 14.2. The molecule has 0 atom stereocenters. The van der Waals surface area contributed by atoms with Gasteiger partial charge in [-0.2, -0.15) is 0 Å². The number of halogens is 2. The summed E-state index contributed by atoms with van der Waals surface area (Å²) >= 11 is 1.27. The Balaban J connectivity index is 0.958. The molecule has 10 heteroatoms. The predicted molar refractivity (Wildman–Crippen MR) is 212 cm³/mol. The summed E-state index contributed by atoms with van der Waals surface area (Å²) < 4.78 is 34.1. The number of benzene rings is 3. The molecular formula is C45H39F2N3O4S. The number of carbonyl (C=O) groups excluding carboxylic acids is 3. The summed E-state index contributed by atoms with van der Waals surface area (Å²) in [5.41, 5.74) is 6.78. The summed E-state index contributed by atoms with van der Waals surface area (Å²) in [5.74, 6) is -2.29. The van der Waals surface area contributed by atoms with Crippen LogP contribution in [0.15, 0.2) is 97.2 Å². The Hall–Kier alpha value is -5.58. The zero-order chi connectivity index (χ0) is 38.1. The number of carbonyl (C=O) groups is 3. The Morgan fingerprint density at radius 3 is 2.47 bits per heavy atom. The number of Topliss-reactive ketones (excluding diaryl/α,β-unsaturated/α-hetero) is 1. The van der Waals surface area contributed by atoms with E-state index in [2.05, 4.69) is 11.4 Å². The summed E-state index contributed by atoms with van der Waals surface area (Å²) in [6.45, 7) is 3.84. The van der Waals surface area contributed by atoms with Gasteiger partial charge in [0.1, 0.15) is 11.6 Å². The van der Waals surface area contributed by atoms with Gasteiger partial charge >= 0.3 is 0 Å².